The molecule has 0 aliphatic heterocycles. The van der Waals surface area contributed by atoms with E-state index in [0.29, 0.717) is 0 Å². The molecule has 1 N–H and O–H groups in total. The first-order chi connectivity index (χ1) is 4.22. The molecule has 52 valence electrons. The Hall–Kier alpha value is -0.990. The van der Waals surface area contributed by atoms with E-state index in [1.165, 1.54) is 4.90 Å². The zero-order chi connectivity index (χ0) is 7.28. The second kappa shape index (κ2) is 3.95. The molecule has 0 spiro atoms. The Morgan fingerprint density at radius 2 is 2.22 bits per heavy atom. The molecule has 9 heavy (non-hydrogen) atoms. The van der Waals surface area contributed by atoms with E-state index in [1.807, 2.05) is 6.92 Å². The number of rotatable bonds is 1. The highest BCUT2D eigenvalue weighted by atomic mass is 16.2. The molecule has 0 aromatic rings. The lowest BCUT2D eigenvalue weighted by molar-refractivity contribution is 0.224. The lowest BCUT2D eigenvalue weighted by Crippen LogP contribution is -2.30. The number of amides is 2. The minimum absolute atomic E-state index is 0.104. The summed E-state index contributed by atoms with van der Waals surface area (Å²) in [7, 11) is 3.29. The highest BCUT2D eigenvalue weighted by molar-refractivity contribution is 5.74. The highest BCUT2D eigenvalue weighted by Gasteiger charge is 1.97. The molecular formula is C6H12N2O. The van der Waals surface area contributed by atoms with Crippen molar-refractivity contribution in [2.75, 3.05) is 14.1 Å². The number of nitrogens with one attached hydrogen (secondary N) is 1. The fourth-order valence-corrected chi connectivity index (χ4v) is 0.468. The van der Waals surface area contributed by atoms with Gasteiger partial charge in [0.1, 0.15) is 0 Å². The number of allylic oxidation sites excluding steroid dienone is 1. The van der Waals surface area contributed by atoms with Gasteiger partial charge in [0.25, 0.3) is 0 Å². The van der Waals surface area contributed by atoms with E-state index < -0.39 is 0 Å². The van der Waals surface area contributed by atoms with Crippen LogP contribution < -0.4 is 5.32 Å². The number of nitrogens with zero attached hydrogens (tertiary/aromatic N) is 1. The molecule has 0 heterocycles. The SMILES string of the molecule is CC=CN(C)C(=O)NC. The summed E-state index contributed by atoms with van der Waals surface area (Å²) < 4.78 is 0. The molecule has 3 nitrogen and oxygen atoms in total. The maximum Gasteiger partial charge on any atom is 0.320 e. The molecule has 0 radical (unpaired) electrons. The zero-order valence-corrected chi connectivity index (χ0v) is 6.01. The lowest BCUT2D eigenvalue weighted by Gasteiger charge is -2.09. The van der Waals surface area contributed by atoms with Gasteiger partial charge in [-0.05, 0) is 6.92 Å². The van der Waals surface area contributed by atoms with Crippen molar-refractivity contribution >= 4 is 6.03 Å². The smallest absolute Gasteiger partial charge is 0.320 e. The average Bonchev–Trinajstić information content (AvgIpc) is 1.87. The summed E-state index contributed by atoms with van der Waals surface area (Å²) >= 11 is 0. The zero-order valence-electron chi connectivity index (χ0n) is 6.01. The molecule has 0 aliphatic carbocycles. The summed E-state index contributed by atoms with van der Waals surface area (Å²) in [5, 5.41) is 2.49. The second-order valence-electron chi connectivity index (χ2n) is 1.65. The molecule has 0 saturated heterocycles. The molecular weight excluding hydrogens is 116 g/mol. The quantitative estimate of drug-likeness (QED) is 0.556. The Kier molecular flexibility index (Phi) is 3.51. The molecule has 0 bridgehead atoms. The van der Waals surface area contributed by atoms with Crippen LogP contribution in [0.5, 0.6) is 0 Å². The molecule has 3 heteroatoms. The van der Waals surface area contributed by atoms with Crippen LogP contribution in [0.1, 0.15) is 6.92 Å². The summed E-state index contributed by atoms with van der Waals surface area (Å²) in [6, 6.07) is -0.104. The molecule has 0 aromatic heterocycles. The summed E-state index contributed by atoms with van der Waals surface area (Å²) in [5.41, 5.74) is 0. The molecule has 0 unspecified atom stereocenters. The fourth-order valence-electron chi connectivity index (χ4n) is 0.468. The predicted octanol–water partition coefficient (Wildman–Crippen LogP) is 0.791. The maximum absolute atomic E-state index is 10.7. The van der Waals surface area contributed by atoms with E-state index in [4.69, 9.17) is 0 Å². The van der Waals surface area contributed by atoms with Crippen LogP contribution in [0.3, 0.4) is 0 Å². The van der Waals surface area contributed by atoms with Crippen molar-refractivity contribution in [3.8, 4) is 0 Å². The summed E-state index contributed by atoms with van der Waals surface area (Å²) in [5.74, 6) is 0. The van der Waals surface area contributed by atoms with Crippen molar-refractivity contribution in [3.63, 3.8) is 0 Å². The van der Waals surface area contributed by atoms with Crippen LogP contribution in [0.4, 0.5) is 4.79 Å². The van der Waals surface area contributed by atoms with Gasteiger partial charge in [-0.3, -0.25) is 0 Å². The predicted molar refractivity (Wildman–Crippen MR) is 37.0 cm³/mol. The van der Waals surface area contributed by atoms with Gasteiger partial charge >= 0.3 is 6.03 Å². The minimum Gasteiger partial charge on any atom is -0.341 e. The van der Waals surface area contributed by atoms with Crippen molar-refractivity contribution in [1.29, 1.82) is 0 Å². The van der Waals surface area contributed by atoms with Gasteiger partial charge in [0.05, 0.1) is 0 Å². The molecule has 0 aliphatic rings. The highest BCUT2D eigenvalue weighted by Crippen LogP contribution is 1.83. The third kappa shape index (κ3) is 2.74. The Balaban J connectivity index is 3.72. The van der Waals surface area contributed by atoms with Crippen LogP contribution in [0, 0.1) is 0 Å². The van der Waals surface area contributed by atoms with Crippen molar-refractivity contribution < 1.29 is 4.79 Å². The Morgan fingerprint density at radius 3 is 2.56 bits per heavy atom. The van der Waals surface area contributed by atoms with Gasteiger partial charge in [0, 0.05) is 20.3 Å². The largest absolute Gasteiger partial charge is 0.341 e. The van der Waals surface area contributed by atoms with E-state index in [9.17, 15) is 4.79 Å². The van der Waals surface area contributed by atoms with Gasteiger partial charge in [-0.1, -0.05) is 6.08 Å². The molecule has 0 atom stereocenters. The monoisotopic (exact) mass is 128 g/mol. The van der Waals surface area contributed by atoms with Crippen molar-refractivity contribution in [2.45, 2.75) is 6.92 Å². The van der Waals surface area contributed by atoms with Gasteiger partial charge in [-0.25, -0.2) is 4.79 Å². The normalized spacial score (nSPS) is 9.67. The Labute approximate surface area is 55.3 Å². The van der Waals surface area contributed by atoms with E-state index in [-0.39, 0.29) is 6.03 Å². The number of carbonyl (C=O) groups is 1. The van der Waals surface area contributed by atoms with Crippen molar-refractivity contribution in [2.24, 2.45) is 0 Å². The van der Waals surface area contributed by atoms with E-state index in [0.717, 1.165) is 0 Å². The van der Waals surface area contributed by atoms with Crippen LogP contribution in [-0.4, -0.2) is 25.0 Å². The second-order valence-corrected chi connectivity index (χ2v) is 1.65. The van der Waals surface area contributed by atoms with Gasteiger partial charge in [-0.15, -0.1) is 0 Å². The number of hydrogen-bond donors (Lipinski definition) is 1. The van der Waals surface area contributed by atoms with Crippen LogP contribution in [0.15, 0.2) is 12.3 Å². The third-order valence-corrected chi connectivity index (χ3v) is 0.907. The van der Waals surface area contributed by atoms with Gasteiger partial charge in [-0.2, -0.15) is 0 Å². The van der Waals surface area contributed by atoms with E-state index >= 15 is 0 Å². The molecule has 0 fully saturated rings. The lowest BCUT2D eigenvalue weighted by atomic mass is 10.6. The minimum atomic E-state index is -0.104. The first-order valence-electron chi connectivity index (χ1n) is 2.79. The van der Waals surface area contributed by atoms with Gasteiger partial charge < -0.3 is 10.2 Å². The van der Waals surface area contributed by atoms with E-state index in [1.54, 1.807) is 26.4 Å². The number of carbonyl (C=O) groups excluding carboxylic acids is 1. The Bertz CT molecular complexity index is 120. The van der Waals surface area contributed by atoms with Gasteiger partial charge in [0.15, 0.2) is 0 Å². The summed E-state index contributed by atoms with van der Waals surface area (Å²) in [6.45, 7) is 1.86. The van der Waals surface area contributed by atoms with Crippen molar-refractivity contribution in [3.05, 3.63) is 12.3 Å². The molecule has 0 rings (SSSR count). The molecule has 0 aromatic carbocycles. The maximum atomic E-state index is 10.7. The standard InChI is InChI=1S/C6H12N2O/c1-4-5-8(3)6(9)7-2/h4-5H,1-3H3,(H,7,9). The number of urea groups is 1. The molecule has 0 saturated carbocycles. The number of hydrogen-bond acceptors (Lipinski definition) is 1. The Morgan fingerprint density at radius 1 is 1.67 bits per heavy atom. The fraction of sp³-hybridized carbons (Fsp3) is 0.500. The first kappa shape index (κ1) is 8.01. The molecule has 2 amide bonds. The van der Waals surface area contributed by atoms with Crippen LogP contribution >= 0.6 is 0 Å². The van der Waals surface area contributed by atoms with Crippen molar-refractivity contribution in [1.82, 2.24) is 10.2 Å². The van der Waals surface area contributed by atoms with Crippen LogP contribution in [0.2, 0.25) is 0 Å². The third-order valence-electron chi connectivity index (χ3n) is 0.907. The van der Waals surface area contributed by atoms with Crippen LogP contribution in [-0.2, 0) is 0 Å². The van der Waals surface area contributed by atoms with Gasteiger partial charge in [0.2, 0.25) is 0 Å². The summed E-state index contributed by atoms with van der Waals surface area (Å²) in [6.07, 6.45) is 3.49. The van der Waals surface area contributed by atoms with Crippen LogP contribution in [0.25, 0.3) is 0 Å². The first-order valence-corrected chi connectivity index (χ1v) is 2.79. The summed E-state index contributed by atoms with van der Waals surface area (Å²) in [4.78, 5) is 12.1. The topological polar surface area (TPSA) is 32.3 Å². The van der Waals surface area contributed by atoms with E-state index in [2.05, 4.69) is 5.32 Å². The average molecular weight is 128 g/mol.